The van der Waals surface area contributed by atoms with Crippen molar-refractivity contribution in [3.05, 3.63) is 58.9 Å². The molecule has 0 radical (unpaired) electrons. The molecule has 0 saturated heterocycles. The second kappa shape index (κ2) is 5.95. The molecule has 0 spiro atoms. The van der Waals surface area contributed by atoms with Crippen LogP contribution in [-0.4, -0.2) is 10.7 Å². The van der Waals surface area contributed by atoms with Gasteiger partial charge < -0.3 is 5.32 Å². The van der Waals surface area contributed by atoms with Crippen LogP contribution < -0.4 is 5.32 Å². The zero-order valence-electron chi connectivity index (χ0n) is 10.5. The zero-order valence-corrected chi connectivity index (χ0v) is 12.0. The molecule has 0 saturated carbocycles. The molecule has 4 heteroatoms. The first-order chi connectivity index (χ1) is 9.33. The predicted octanol–water partition coefficient (Wildman–Crippen LogP) is 4.06. The first-order valence-electron chi connectivity index (χ1n) is 6.38. The van der Waals surface area contributed by atoms with E-state index in [1.54, 1.807) is 0 Å². The zero-order chi connectivity index (χ0) is 13.1. The summed E-state index contributed by atoms with van der Waals surface area (Å²) in [6.45, 7) is 0.794. The van der Waals surface area contributed by atoms with Crippen LogP contribution in [-0.2, 0) is 6.54 Å². The number of fused-ring (bicyclic) bond motifs is 1. The van der Waals surface area contributed by atoms with Crippen molar-refractivity contribution in [1.82, 2.24) is 10.3 Å². The molecule has 19 heavy (non-hydrogen) atoms. The van der Waals surface area contributed by atoms with Crippen LogP contribution in [0.2, 0.25) is 5.02 Å². The molecule has 0 fully saturated rings. The van der Waals surface area contributed by atoms with Crippen LogP contribution in [0.3, 0.4) is 0 Å². The molecule has 1 aliphatic rings. The van der Waals surface area contributed by atoms with Gasteiger partial charge in [0.1, 0.15) is 0 Å². The van der Waals surface area contributed by atoms with Crippen LogP contribution in [0.15, 0.2) is 47.5 Å². The Hall–Kier alpha value is -1.03. The summed E-state index contributed by atoms with van der Waals surface area (Å²) in [6, 6.07) is 12.5. The van der Waals surface area contributed by atoms with Gasteiger partial charge >= 0.3 is 0 Å². The van der Waals surface area contributed by atoms with Gasteiger partial charge in [0.25, 0.3) is 0 Å². The third-order valence-electron chi connectivity index (χ3n) is 3.27. The summed E-state index contributed by atoms with van der Waals surface area (Å²) in [6.07, 6.45) is 2.96. The maximum Gasteiger partial charge on any atom is 0.0541 e. The summed E-state index contributed by atoms with van der Waals surface area (Å²) in [5.41, 5.74) is 2.39. The molecule has 1 aliphatic heterocycles. The molecule has 1 atom stereocenters. The summed E-state index contributed by atoms with van der Waals surface area (Å²) >= 11 is 8.02. The van der Waals surface area contributed by atoms with Crippen LogP contribution in [0.4, 0.5) is 0 Å². The Morgan fingerprint density at radius 3 is 3.11 bits per heavy atom. The van der Waals surface area contributed by atoms with Crippen molar-refractivity contribution in [2.75, 3.05) is 5.75 Å². The van der Waals surface area contributed by atoms with Crippen LogP contribution in [0.5, 0.6) is 0 Å². The highest BCUT2D eigenvalue weighted by molar-refractivity contribution is 7.99. The Morgan fingerprint density at radius 2 is 2.26 bits per heavy atom. The topological polar surface area (TPSA) is 24.9 Å². The number of hydrogen-bond acceptors (Lipinski definition) is 3. The van der Waals surface area contributed by atoms with Crippen molar-refractivity contribution in [3.63, 3.8) is 0 Å². The molecule has 1 N–H and O–H groups in total. The molecular weight excluding hydrogens is 276 g/mol. The monoisotopic (exact) mass is 290 g/mol. The normalized spacial score (nSPS) is 18.1. The van der Waals surface area contributed by atoms with Gasteiger partial charge in [-0.25, -0.2) is 0 Å². The van der Waals surface area contributed by atoms with E-state index < -0.39 is 0 Å². The number of pyridine rings is 1. The lowest BCUT2D eigenvalue weighted by molar-refractivity contribution is 0.505. The van der Waals surface area contributed by atoms with Crippen LogP contribution in [0.1, 0.15) is 23.7 Å². The Bertz CT molecular complexity index is 559. The first kappa shape index (κ1) is 13.0. The SMILES string of the molecule is Clc1ccc2c(c1)C(NCc1ccccn1)CCS2. The van der Waals surface area contributed by atoms with Crippen molar-refractivity contribution in [2.24, 2.45) is 0 Å². The van der Waals surface area contributed by atoms with E-state index in [0.717, 1.165) is 29.4 Å². The molecule has 98 valence electrons. The van der Waals surface area contributed by atoms with Crippen molar-refractivity contribution in [2.45, 2.75) is 23.9 Å². The van der Waals surface area contributed by atoms with E-state index in [4.69, 9.17) is 11.6 Å². The fourth-order valence-electron chi connectivity index (χ4n) is 2.31. The number of thioether (sulfide) groups is 1. The Kier molecular flexibility index (Phi) is 4.06. The minimum Gasteiger partial charge on any atom is -0.304 e. The van der Waals surface area contributed by atoms with Gasteiger partial charge in [-0.15, -0.1) is 11.8 Å². The molecule has 1 aromatic heterocycles. The van der Waals surface area contributed by atoms with Gasteiger partial charge in [-0.05, 0) is 48.1 Å². The predicted molar refractivity (Wildman–Crippen MR) is 80.6 cm³/mol. The fourth-order valence-corrected chi connectivity index (χ4v) is 3.59. The van der Waals surface area contributed by atoms with E-state index in [-0.39, 0.29) is 0 Å². The standard InChI is InChI=1S/C15H15ClN2S/c16-11-4-5-15-13(9-11)14(6-8-19-15)18-10-12-3-1-2-7-17-12/h1-5,7,9,14,18H,6,8,10H2. The van der Waals surface area contributed by atoms with Crippen LogP contribution in [0, 0.1) is 0 Å². The van der Waals surface area contributed by atoms with Gasteiger partial charge in [0.15, 0.2) is 0 Å². The number of aromatic nitrogens is 1. The number of nitrogens with zero attached hydrogens (tertiary/aromatic N) is 1. The van der Waals surface area contributed by atoms with E-state index in [2.05, 4.69) is 22.4 Å². The maximum atomic E-state index is 6.11. The minimum atomic E-state index is 0.372. The van der Waals surface area contributed by atoms with Crippen molar-refractivity contribution < 1.29 is 0 Å². The second-order valence-corrected chi connectivity index (χ2v) is 6.15. The average Bonchev–Trinajstić information content (AvgIpc) is 2.46. The number of nitrogens with one attached hydrogen (secondary N) is 1. The summed E-state index contributed by atoms with van der Waals surface area (Å²) in [5, 5.41) is 4.40. The molecule has 1 aromatic carbocycles. The lowest BCUT2D eigenvalue weighted by atomic mass is 10.0. The third-order valence-corrected chi connectivity index (χ3v) is 4.62. The van der Waals surface area contributed by atoms with E-state index in [0.29, 0.717) is 6.04 Å². The highest BCUT2D eigenvalue weighted by Crippen LogP contribution is 2.37. The molecule has 0 aliphatic carbocycles. The van der Waals surface area contributed by atoms with Gasteiger partial charge in [-0.3, -0.25) is 4.98 Å². The Morgan fingerprint density at radius 1 is 1.32 bits per heavy atom. The van der Waals surface area contributed by atoms with Crippen molar-refractivity contribution in [3.8, 4) is 0 Å². The largest absolute Gasteiger partial charge is 0.304 e. The summed E-state index contributed by atoms with van der Waals surface area (Å²) < 4.78 is 0. The molecule has 2 nitrogen and oxygen atoms in total. The summed E-state index contributed by atoms with van der Waals surface area (Å²) in [5.74, 6) is 1.15. The first-order valence-corrected chi connectivity index (χ1v) is 7.75. The number of hydrogen-bond donors (Lipinski definition) is 1. The lowest BCUT2D eigenvalue weighted by Crippen LogP contribution is -2.24. The van der Waals surface area contributed by atoms with E-state index >= 15 is 0 Å². The Labute approximate surface area is 122 Å². The molecule has 0 bridgehead atoms. The average molecular weight is 291 g/mol. The summed E-state index contributed by atoms with van der Waals surface area (Å²) in [7, 11) is 0. The Balaban J connectivity index is 1.75. The van der Waals surface area contributed by atoms with Gasteiger partial charge in [-0.2, -0.15) is 0 Å². The van der Waals surface area contributed by atoms with E-state index in [1.807, 2.05) is 42.2 Å². The lowest BCUT2D eigenvalue weighted by Gasteiger charge is -2.26. The molecule has 2 heterocycles. The number of halogens is 1. The summed E-state index contributed by atoms with van der Waals surface area (Å²) in [4.78, 5) is 5.68. The van der Waals surface area contributed by atoms with Gasteiger partial charge in [-0.1, -0.05) is 17.7 Å². The van der Waals surface area contributed by atoms with Crippen LogP contribution in [0.25, 0.3) is 0 Å². The van der Waals surface area contributed by atoms with Crippen molar-refractivity contribution in [1.29, 1.82) is 0 Å². The van der Waals surface area contributed by atoms with E-state index in [9.17, 15) is 0 Å². The highest BCUT2D eigenvalue weighted by atomic mass is 35.5. The maximum absolute atomic E-state index is 6.11. The third kappa shape index (κ3) is 3.11. The molecule has 0 amide bonds. The fraction of sp³-hybridized carbons (Fsp3) is 0.267. The minimum absolute atomic E-state index is 0.372. The smallest absolute Gasteiger partial charge is 0.0541 e. The van der Waals surface area contributed by atoms with E-state index in [1.165, 1.54) is 10.5 Å². The number of benzene rings is 1. The van der Waals surface area contributed by atoms with Gasteiger partial charge in [0.05, 0.1) is 5.69 Å². The highest BCUT2D eigenvalue weighted by Gasteiger charge is 2.20. The molecule has 3 rings (SSSR count). The molecule has 1 unspecified atom stereocenters. The quantitative estimate of drug-likeness (QED) is 0.923. The van der Waals surface area contributed by atoms with Gasteiger partial charge in [0, 0.05) is 28.7 Å². The van der Waals surface area contributed by atoms with Crippen LogP contribution >= 0.6 is 23.4 Å². The second-order valence-electron chi connectivity index (χ2n) is 4.57. The van der Waals surface area contributed by atoms with Crippen molar-refractivity contribution >= 4 is 23.4 Å². The molecular formula is C15H15ClN2S. The molecule has 2 aromatic rings. The van der Waals surface area contributed by atoms with Gasteiger partial charge in [0.2, 0.25) is 0 Å². The number of rotatable bonds is 3.